The van der Waals surface area contributed by atoms with Crippen LogP contribution in [0.25, 0.3) is 0 Å². The molecule has 1 aliphatic heterocycles. The minimum Gasteiger partial charge on any atom is -0.465 e. The molecule has 0 aromatic carbocycles. The van der Waals surface area contributed by atoms with E-state index in [1.54, 1.807) is 0 Å². The van der Waals surface area contributed by atoms with E-state index in [1.165, 1.54) is 32.1 Å². The van der Waals surface area contributed by atoms with Crippen LogP contribution in [0.2, 0.25) is 0 Å². The molecule has 0 aromatic rings. The van der Waals surface area contributed by atoms with Crippen LogP contribution in [-0.2, 0) is 9.53 Å². The van der Waals surface area contributed by atoms with Gasteiger partial charge in [0.25, 0.3) is 0 Å². The van der Waals surface area contributed by atoms with Crippen molar-refractivity contribution in [2.75, 3.05) is 13.2 Å². The maximum absolute atomic E-state index is 12.0. The van der Waals surface area contributed by atoms with Crippen molar-refractivity contribution in [1.82, 2.24) is 4.90 Å². The fourth-order valence-electron chi connectivity index (χ4n) is 3.36. The lowest BCUT2D eigenvalue weighted by molar-refractivity contribution is -0.152. The number of carbonyl (C=O) groups excluding carboxylic acids is 1. The normalized spacial score (nSPS) is 34.8. The molecular formula is C14H25NO2. The average Bonchev–Trinajstić information content (AvgIpc) is 2.76. The van der Waals surface area contributed by atoms with Crippen LogP contribution in [-0.4, -0.2) is 36.1 Å². The molecule has 1 saturated heterocycles. The summed E-state index contributed by atoms with van der Waals surface area (Å²) in [5, 5.41) is 0. The Morgan fingerprint density at radius 3 is 2.76 bits per heavy atom. The highest BCUT2D eigenvalue weighted by Crippen LogP contribution is 2.33. The second kappa shape index (κ2) is 5.85. The molecule has 1 saturated carbocycles. The molecule has 3 atom stereocenters. The molecule has 1 aliphatic carbocycles. The molecule has 0 aromatic heterocycles. The van der Waals surface area contributed by atoms with Gasteiger partial charge in [0.1, 0.15) is 6.04 Å². The predicted octanol–water partition coefficient (Wildman–Crippen LogP) is 2.59. The van der Waals surface area contributed by atoms with Gasteiger partial charge in [-0.05, 0) is 51.5 Å². The van der Waals surface area contributed by atoms with E-state index in [1.807, 2.05) is 6.92 Å². The average molecular weight is 239 g/mol. The van der Waals surface area contributed by atoms with E-state index in [0.29, 0.717) is 12.6 Å². The number of hydrogen-bond donors (Lipinski definition) is 0. The van der Waals surface area contributed by atoms with Gasteiger partial charge in [-0.3, -0.25) is 9.69 Å². The van der Waals surface area contributed by atoms with E-state index >= 15 is 0 Å². The van der Waals surface area contributed by atoms with Gasteiger partial charge in [-0.25, -0.2) is 0 Å². The summed E-state index contributed by atoms with van der Waals surface area (Å²) in [6, 6.07) is 0.665. The molecule has 2 fully saturated rings. The van der Waals surface area contributed by atoms with E-state index in [-0.39, 0.29) is 12.0 Å². The van der Waals surface area contributed by atoms with Gasteiger partial charge in [0, 0.05) is 6.04 Å². The van der Waals surface area contributed by atoms with Crippen LogP contribution in [0.1, 0.15) is 52.4 Å². The molecule has 1 heterocycles. The second-order valence-corrected chi connectivity index (χ2v) is 5.57. The Balaban J connectivity index is 1.99. The van der Waals surface area contributed by atoms with Crippen molar-refractivity contribution in [3.8, 4) is 0 Å². The molecule has 0 N–H and O–H groups in total. The van der Waals surface area contributed by atoms with Crippen LogP contribution in [0.4, 0.5) is 0 Å². The van der Waals surface area contributed by atoms with Gasteiger partial charge in [-0.1, -0.05) is 13.3 Å². The zero-order chi connectivity index (χ0) is 12.3. The summed E-state index contributed by atoms with van der Waals surface area (Å²) >= 11 is 0. The highest BCUT2D eigenvalue weighted by atomic mass is 16.5. The van der Waals surface area contributed by atoms with E-state index in [4.69, 9.17) is 4.74 Å². The van der Waals surface area contributed by atoms with Crippen LogP contribution in [0.5, 0.6) is 0 Å². The molecule has 0 spiro atoms. The molecule has 3 heteroatoms. The van der Waals surface area contributed by atoms with Gasteiger partial charge in [0.2, 0.25) is 0 Å². The first-order valence-electron chi connectivity index (χ1n) is 7.14. The zero-order valence-electron chi connectivity index (χ0n) is 11.2. The Kier molecular flexibility index (Phi) is 4.43. The maximum atomic E-state index is 12.0. The molecular weight excluding hydrogens is 214 g/mol. The highest BCUT2D eigenvalue weighted by molar-refractivity contribution is 5.76. The number of hydrogen-bond acceptors (Lipinski definition) is 3. The standard InChI is InChI=1S/C14H25NO2/c1-3-17-14(16)13-6-4-5-9-15(13)12-8-7-11(2)10-12/h11-13H,3-10H2,1-2H3/t11-,12+,13+/m1/s1. The van der Waals surface area contributed by atoms with Crippen LogP contribution < -0.4 is 0 Å². The quantitative estimate of drug-likeness (QED) is 0.709. The third-order valence-corrected chi connectivity index (χ3v) is 4.24. The highest BCUT2D eigenvalue weighted by Gasteiger charge is 2.36. The minimum absolute atomic E-state index is 0.00625. The first-order valence-corrected chi connectivity index (χ1v) is 7.14. The van der Waals surface area contributed by atoms with Crippen molar-refractivity contribution in [3.63, 3.8) is 0 Å². The summed E-state index contributed by atoms with van der Waals surface area (Å²) in [5.74, 6) is 0.830. The van der Waals surface area contributed by atoms with Crippen LogP contribution in [0, 0.1) is 5.92 Å². The van der Waals surface area contributed by atoms with Crippen molar-refractivity contribution >= 4 is 5.97 Å². The molecule has 0 unspecified atom stereocenters. The van der Waals surface area contributed by atoms with Gasteiger partial charge >= 0.3 is 5.97 Å². The Morgan fingerprint density at radius 1 is 1.29 bits per heavy atom. The van der Waals surface area contributed by atoms with E-state index in [0.717, 1.165) is 18.9 Å². The minimum atomic E-state index is 0.00625. The first-order chi connectivity index (χ1) is 8.22. The molecule has 98 valence electrons. The number of esters is 1. The number of nitrogens with zero attached hydrogens (tertiary/aromatic N) is 1. The molecule has 2 aliphatic rings. The number of carbonyl (C=O) groups is 1. The number of rotatable bonds is 3. The Hall–Kier alpha value is -0.570. The lowest BCUT2D eigenvalue weighted by Crippen LogP contribution is -2.49. The van der Waals surface area contributed by atoms with Crippen molar-refractivity contribution in [2.45, 2.75) is 64.5 Å². The van der Waals surface area contributed by atoms with Gasteiger partial charge in [-0.2, -0.15) is 0 Å². The van der Waals surface area contributed by atoms with Crippen molar-refractivity contribution in [2.24, 2.45) is 5.92 Å². The molecule has 3 nitrogen and oxygen atoms in total. The largest absolute Gasteiger partial charge is 0.465 e. The third-order valence-electron chi connectivity index (χ3n) is 4.24. The maximum Gasteiger partial charge on any atom is 0.323 e. The van der Waals surface area contributed by atoms with E-state index < -0.39 is 0 Å². The Morgan fingerprint density at radius 2 is 2.12 bits per heavy atom. The predicted molar refractivity (Wildman–Crippen MR) is 67.8 cm³/mol. The van der Waals surface area contributed by atoms with Crippen molar-refractivity contribution in [3.05, 3.63) is 0 Å². The van der Waals surface area contributed by atoms with Crippen LogP contribution in [0.15, 0.2) is 0 Å². The number of piperidine rings is 1. The fraction of sp³-hybridized carbons (Fsp3) is 0.929. The van der Waals surface area contributed by atoms with Crippen LogP contribution >= 0.6 is 0 Å². The molecule has 17 heavy (non-hydrogen) atoms. The Labute approximate surface area is 105 Å². The van der Waals surface area contributed by atoms with Gasteiger partial charge in [-0.15, -0.1) is 0 Å². The third kappa shape index (κ3) is 3.01. The zero-order valence-corrected chi connectivity index (χ0v) is 11.2. The fourth-order valence-corrected chi connectivity index (χ4v) is 3.36. The Bertz CT molecular complexity index is 267. The monoisotopic (exact) mass is 239 g/mol. The van der Waals surface area contributed by atoms with E-state index in [9.17, 15) is 4.79 Å². The van der Waals surface area contributed by atoms with Gasteiger partial charge in [0.15, 0.2) is 0 Å². The molecule has 0 bridgehead atoms. The van der Waals surface area contributed by atoms with Crippen molar-refractivity contribution in [1.29, 1.82) is 0 Å². The SMILES string of the molecule is CCOC(=O)[C@@H]1CCCCN1[C@H]1CC[C@@H](C)C1. The lowest BCUT2D eigenvalue weighted by atomic mass is 9.98. The summed E-state index contributed by atoms with van der Waals surface area (Å²) in [6.07, 6.45) is 7.23. The number of ether oxygens (including phenoxy) is 1. The lowest BCUT2D eigenvalue weighted by Gasteiger charge is -2.38. The van der Waals surface area contributed by atoms with Crippen LogP contribution in [0.3, 0.4) is 0 Å². The summed E-state index contributed by atoms with van der Waals surface area (Å²) < 4.78 is 5.22. The van der Waals surface area contributed by atoms with Gasteiger partial charge in [0.05, 0.1) is 6.61 Å². The van der Waals surface area contributed by atoms with Crippen molar-refractivity contribution < 1.29 is 9.53 Å². The summed E-state index contributed by atoms with van der Waals surface area (Å²) in [4.78, 5) is 14.4. The topological polar surface area (TPSA) is 29.5 Å². The number of likely N-dealkylation sites (tertiary alicyclic amines) is 1. The molecule has 0 amide bonds. The summed E-state index contributed by atoms with van der Waals surface area (Å²) in [7, 11) is 0. The first kappa shape index (κ1) is 12.9. The summed E-state index contributed by atoms with van der Waals surface area (Å²) in [6.45, 7) is 5.80. The smallest absolute Gasteiger partial charge is 0.323 e. The summed E-state index contributed by atoms with van der Waals surface area (Å²) in [5.41, 5.74) is 0. The molecule has 2 rings (SSSR count). The van der Waals surface area contributed by atoms with Gasteiger partial charge < -0.3 is 4.74 Å². The van der Waals surface area contributed by atoms with E-state index in [2.05, 4.69) is 11.8 Å². The molecule has 0 radical (unpaired) electrons. The second-order valence-electron chi connectivity index (χ2n) is 5.57.